The highest BCUT2D eigenvalue weighted by atomic mass is 16.5. The molecule has 0 atom stereocenters. The standard InChI is InChI=1S/C19H20N2O4/c1-24-15-6-3-13(4-7-15)11-18-19(23)21(9-2-10-22)16-12-14(20)5-8-17(16)25-18/h3-8,11-12,22H,2,9-10,20H2,1H3/b18-11+. The summed E-state index contributed by atoms with van der Waals surface area (Å²) < 4.78 is 10.9. The van der Waals surface area contributed by atoms with Gasteiger partial charge in [-0.25, -0.2) is 0 Å². The number of nitrogens with zero attached hydrogens (tertiary/aromatic N) is 1. The maximum absolute atomic E-state index is 12.8. The predicted molar refractivity (Wildman–Crippen MR) is 96.5 cm³/mol. The highest BCUT2D eigenvalue weighted by molar-refractivity contribution is 6.10. The molecular formula is C19H20N2O4. The summed E-state index contributed by atoms with van der Waals surface area (Å²) in [6, 6.07) is 12.5. The van der Waals surface area contributed by atoms with Crippen molar-refractivity contribution in [2.75, 3.05) is 30.9 Å². The van der Waals surface area contributed by atoms with Crippen LogP contribution in [0.1, 0.15) is 12.0 Å². The van der Waals surface area contributed by atoms with Crippen LogP contribution in [-0.4, -0.2) is 31.3 Å². The number of nitrogens with two attached hydrogens (primary N) is 1. The Kier molecular flexibility index (Phi) is 4.90. The van der Waals surface area contributed by atoms with Crippen molar-refractivity contribution in [3.05, 3.63) is 53.8 Å². The molecule has 2 aromatic carbocycles. The zero-order chi connectivity index (χ0) is 17.8. The lowest BCUT2D eigenvalue weighted by molar-refractivity contribution is -0.117. The number of ether oxygens (including phenoxy) is 2. The summed E-state index contributed by atoms with van der Waals surface area (Å²) in [4.78, 5) is 14.4. The van der Waals surface area contributed by atoms with Crippen molar-refractivity contribution < 1.29 is 19.4 Å². The molecule has 1 amide bonds. The van der Waals surface area contributed by atoms with Crippen LogP contribution in [0.5, 0.6) is 11.5 Å². The fourth-order valence-corrected chi connectivity index (χ4v) is 2.63. The van der Waals surface area contributed by atoms with Crippen molar-refractivity contribution in [2.45, 2.75) is 6.42 Å². The van der Waals surface area contributed by atoms with E-state index in [9.17, 15) is 4.79 Å². The van der Waals surface area contributed by atoms with E-state index in [1.807, 2.05) is 24.3 Å². The van der Waals surface area contributed by atoms with Crippen LogP contribution in [0.4, 0.5) is 11.4 Å². The lowest BCUT2D eigenvalue weighted by Crippen LogP contribution is -2.38. The Labute approximate surface area is 146 Å². The first-order valence-corrected chi connectivity index (χ1v) is 7.98. The van der Waals surface area contributed by atoms with Crippen LogP contribution in [0, 0.1) is 0 Å². The first-order chi connectivity index (χ1) is 12.1. The van der Waals surface area contributed by atoms with E-state index >= 15 is 0 Å². The van der Waals surface area contributed by atoms with E-state index in [-0.39, 0.29) is 18.3 Å². The van der Waals surface area contributed by atoms with Gasteiger partial charge in [-0.1, -0.05) is 12.1 Å². The van der Waals surface area contributed by atoms with Gasteiger partial charge in [0.15, 0.2) is 11.5 Å². The largest absolute Gasteiger partial charge is 0.497 e. The molecule has 2 aromatic rings. The number of fused-ring (bicyclic) bond motifs is 1. The summed E-state index contributed by atoms with van der Waals surface area (Å²) in [6.07, 6.45) is 2.16. The molecule has 0 aliphatic carbocycles. The fourth-order valence-electron chi connectivity index (χ4n) is 2.63. The number of aliphatic hydroxyl groups excluding tert-OH is 1. The molecule has 0 saturated carbocycles. The number of anilines is 2. The monoisotopic (exact) mass is 340 g/mol. The number of hydrogen-bond donors (Lipinski definition) is 2. The van der Waals surface area contributed by atoms with Crippen molar-refractivity contribution in [2.24, 2.45) is 0 Å². The third kappa shape index (κ3) is 3.59. The molecule has 0 radical (unpaired) electrons. The number of carbonyl (C=O) groups excluding carboxylic acids is 1. The lowest BCUT2D eigenvalue weighted by atomic mass is 10.1. The SMILES string of the molecule is COc1ccc(/C=C2/Oc3ccc(N)cc3N(CCCO)C2=O)cc1. The second-order valence-corrected chi connectivity index (χ2v) is 5.64. The van der Waals surface area contributed by atoms with Gasteiger partial charge in [0.2, 0.25) is 0 Å². The molecule has 0 spiro atoms. The average molecular weight is 340 g/mol. The van der Waals surface area contributed by atoms with Gasteiger partial charge in [-0.05, 0) is 48.4 Å². The molecule has 0 saturated heterocycles. The van der Waals surface area contributed by atoms with Gasteiger partial charge in [-0.15, -0.1) is 0 Å². The molecule has 0 aromatic heterocycles. The molecule has 1 aliphatic heterocycles. The van der Waals surface area contributed by atoms with E-state index in [0.717, 1.165) is 11.3 Å². The molecule has 0 bridgehead atoms. The number of aliphatic hydroxyl groups is 1. The van der Waals surface area contributed by atoms with Crippen LogP contribution < -0.4 is 20.1 Å². The Hall–Kier alpha value is -2.99. The molecule has 0 unspecified atom stereocenters. The maximum atomic E-state index is 12.8. The highest BCUT2D eigenvalue weighted by Crippen LogP contribution is 2.37. The molecule has 1 heterocycles. The van der Waals surface area contributed by atoms with Crippen molar-refractivity contribution in [3.63, 3.8) is 0 Å². The summed E-state index contributed by atoms with van der Waals surface area (Å²) in [5, 5.41) is 9.12. The summed E-state index contributed by atoms with van der Waals surface area (Å²) in [5.74, 6) is 1.26. The first-order valence-electron chi connectivity index (χ1n) is 7.98. The smallest absolute Gasteiger partial charge is 0.294 e. The van der Waals surface area contributed by atoms with Crippen LogP contribution in [0.15, 0.2) is 48.2 Å². The van der Waals surface area contributed by atoms with Gasteiger partial charge < -0.3 is 25.2 Å². The molecule has 0 fully saturated rings. The highest BCUT2D eigenvalue weighted by Gasteiger charge is 2.30. The number of nitrogen functional groups attached to an aromatic ring is 1. The number of methoxy groups -OCH3 is 1. The normalized spacial score (nSPS) is 15.0. The summed E-state index contributed by atoms with van der Waals surface area (Å²) in [5.41, 5.74) is 7.82. The van der Waals surface area contributed by atoms with Crippen LogP contribution >= 0.6 is 0 Å². The first kappa shape index (κ1) is 16.9. The number of benzene rings is 2. The van der Waals surface area contributed by atoms with Crippen molar-refractivity contribution >= 4 is 23.4 Å². The topological polar surface area (TPSA) is 85.0 Å². The van der Waals surface area contributed by atoms with Gasteiger partial charge in [-0.3, -0.25) is 4.79 Å². The molecule has 25 heavy (non-hydrogen) atoms. The summed E-state index contributed by atoms with van der Waals surface area (Å²) in [6.45, 7) is 0.384. The molecule has 3 N–H and O–H groups in total. The van der Waals surface area contributed by atoms with Crippen molar-refractivity contribution in [1.29, 1.82) is 0 Å². The van der Waals surface area contributed by atoms with Crippen LogP contribution in [0.2, 0.25) is 0 Å². The van der Waals surface area contributed by atoms with Crippen LogP contribution in [0.3, 0.4) is 0 Å². The van der Waals surface area contributed by atoms with Gasteiger partial charge in [0, 0.05) is 18.8 Å². The second-order valence-electron chi connectivity index (χ2n) is 5.64. The Balaban J connectivity index is 1.96. The lowest BCUT2D eigenvalue weighted by Gasteiger charge is -2.30. The van der Waals surface area contributed by atoms with E-state index in [4.69, 9.17) is 20.3 Å². The summed E-state index contributed by atoms with van der Waals surface area (Å²) >= 11 is 0. The zero-order valence-electron chi connectivity index (χ0n) is 13.9. The molecule has 1 aliphatic rings. The third-order valence-electron chi connectivity index (χ3n) is 3.90. The minimum Gasteiger partial charge on any atom is -0.497 e. The molecule has 6 nitrogen and oxygen atoms in total. The second kappa shape index (κ2) is 7.27. The Morgan fingerprint density at radius 2 is 2.00 bits per heavy atom. The van der Waals surface area contributed by atoms with E-state index in [2.05, 4.69) is 0 Å². The number of carbonyl (C=O) groups is 1. The molecule has 3 rings (SSSR count). The maximum Gasteiger partial charge on any atom is 0.294 e. The van der Waals surface area contributed by atoms with Gasteiger partial charge in [0.1, 0.15) is 5.75 Å². The van der Waals surface area contributed by atoms with Crippen molar-refractivity contribution in [1.82, 2.24) is 0 Å². The van der Waals surface area contributed by atoms with Gasteiger partial charge >= 0.3 is 0 Å². The fraction of sp³-hybridized carbons (Fsp3) is 0.211. The molecule has 6 heteroatoms. The van der Waals surface area contributed by atoms with E-state index in [1.165, 1.54) is 0 Å². The number of rotatable bonds is 5. The Morgan fingerprint density at radius 3 is 2.68 bits per heavy atom. The van der Waals surface area contributed by atoms with Crippen molar-refractivity contribution in [3.8, 4) is 11.5 Å². The molecule has 130 valence electrons. The van der Waals surface area contributed by atoms with Crippen LogP contribution in [0.25, 0.3) is 6.08 Å². The van der Waals surface area contributed by atoms with Gasteiger partial charge in [-0.2, -0.15) is 0 Å². The predicted octanol–water partition coefficient (Wildman–Crippen LogP) is 2.43. The van der Waals surface area contributed by atoms with E-state index in [1.54, 1.807) is 36.3 Å². The van der Waals surface area contributed by atoms with Gasteiger partial charge in [0.05, 0.1) is 12.8 Å². The number of amides is 1. The minimum absolute atomic E-state index is 0.000185. The molecular weight excluding hydrogens is 320 g/mol. The van der Waals surface area contributed by atoms with E-state index < -0.39 is 0 Å². The van der Waals surface area contributed by atoms with E-state index in [0.29, 0.717) is 30.1 Å². The summed E-state index contributed by atoms with van der Waals surface area (Å²) in [7, 11) is 1.60. The Bertz CT molecular complexity index is 800. The third-order valence-corrected chi connectivity index (χ3v) is 3.90. The van der Waals surface area contributed by atoms with Gasteiger partial charge in [0.25, 0.3) is 5.91 Å². The zero-order valence-corrected chi connectivity index (χ0v) is 13.9. The average Bonchev–Trinajstić information content (AvgIpc) is 2.63. The minimum atomic E-state index is -0.262. The quantitative estimate of drug-likeness (QED) is 0.645. The van der Waals surface area contributed by atoms with Crippen LogP contribution in [-0.2, 0) is 4.79 Å². The Morgan fingerprint density at radius 1 is 1.24 bits per heavy atom. The number of hydrogen-bond acceptors (Lipinski definition) is 5.